The summed E-state index contributed by atoms with van der Waals surface area (Å²) < 4.78 is 50.3. The molecule has 4 rings (SSSR count). The number of halogens is 3. The lowest BCUT2D eigenvalue weighted by Crippen LogP contribution is -2.07. The van der Waals surface area contributed by atoms with E-state index in [0.29, 0.717) is 12.3 Å². The number of rotatable bonds is 9. The summed E-state index contributed by atoms with van der Waals surface area (Å²) in [5.41, 5.74) is 2.65. The lowest BCUT2D eigenvalue weighted by atomic mass is 10.00. The number of unbranched alkanes of at least 4 members (excludes halogenated alkanes) is 3. The molecule has 0 aliphatic heterocycles. The van der Waals surface area contributed by atoms with E-state index in [1.807, 2.05) is 48.5 Å². The molecule has 0 bridgehead atoms. The maximum absolute atomic E-state index is 13.2. The van der Waals surface area contributed by atoms with Gasteiger partial charge in [-0.15, -0.1) is 0 Å². The van der Waals surface area contributed by atoms with Gasteiger partial charge in [-0.2, -0.15) is 13.2 Å². The van der Waals surface area contributed by atoms with Gasteiger partial charge < -0.3 is 9.47 Å². The number of benzene rings is 3. The number of pyridine rings is 1. The molecule has 0 fully saturated rings. The van der Waals surface area contributed by atoms with E-state index in [-0.39, 0.29) is 16.5 Å². The lowest BCUT2D eigenvalue weighted by Gasteiger charge is -2.12. The van der Waals surface area contributed by atoms with Crippen LogP contribution < -0.4 is 4.74 Å². The number of carbonyl (C=O) groups excluding carboxylic acids is 1. The molecule has 0 amide bonds. The third-order valence-corrected chi connectivity index (χ3v) is 6.18. The highest BCUT2D eigenvalue weighted by atomic mass is 19.4. The van der Waals surface area contributed by atoms with Crippen molar-refractivity contribution in [3.63, 3.8) is 0 Å². The van der Waals surface area contributed by atoms with Gasteiger partial charge in [0.05, 0.1) is 36.1 Å². The lowest BCUT2D eigenvalue weighted by molar-refractivity contribution is -0.137. The molecular formula is C30H28F3NO3. The molecule has 0 radical (unpaired) electrons. The highest BCUT2D eigenvalue weighted by Gasteiger charge is 2.31. The normalized spacial score (nSPS) is 11.5. The first-order valence-electron chi connectivity index (χ1n) is 12.2. The number of aromatic nitrogens is 1. The Bertz CT molecular complexity index is 1360. The SMILES string of the molecule is CCCCCCOc1ccc(-c2ccc(-c3cc(C(=O)OC)c4cc(C(F)(F)F)ccc4n3)cc2)cc1. The van der Waals surface area contributed by atoms with Crippen LogP contribution in [0.4, 0.5) is 13.2 Å². The smallest absolute Gasteiger partial charge is 0.416 e. The maximum Gasteiger partial charge on any atom is 0.416 e. The molecule has 0 aliphatic rings. The second kappa shape index (κ2) is 11.5. The summed E-state index contributed by atoms with van der Waals surface area (Å²) in [6, 6.07) is 20.1. The van der Waals surface area contributed by atoms with Crippen LogP contribution in [-0.4, -0.2) is 24.7 Å². The van der Waals surface area contributed by atoms with Crippen LogP contribution in [0.3, 0.4) is 0 Å². The summed E-state index contributed by atoms with van der Waals surface area (Å²) in [6.07, 6.45) is 0.0917. The Hall–Kier alpha value is -3.87. The molecule has 0 aliphatic carbocycles. The second-order valence-corrected chi connectivity index (χ2v) is 8.79. The Labute approximate surface area is 214 Å². The van der Waals surface area contributed by atoms with E-state index in [0.717, 1.165) is 41.0 Å². The van der Waals surface area contributed by atoms with Gasteiger partial charge in [0.15, 0.2) is 0 Å². The topological polar surface area (TPSA) is 48.4 Å². The summed E-state index contributed by atoms with van der Waals surface area (Å²) in [4.78, 5) is 16.9. The summed E-state index contributed by atoms with van der Waals surface area (Å²) in [5, 5.41) is 0.0923. The minimum Gasteiger partial charge on any atom is -0.494 e. The van der Waals surface area contributed by atoms with Gasteiger partial charge in [-0.25, -0.2) is 9.78 Å². The first kappa shape index (κ1) is 26.2. The zero-order valence-electron chi connectivity index (χ0n) is 20.8. The van der Waals surface area contributed by atoms with Crippen molar-refractivity contribution in [2.45, 2.75) is 38.8 Å². The summed E-state index contributed by atoms with van der Waals surface area (Å²) in [5.74, 6) is 0.110. The van der Waals surface area contributed by atoms with Crippen molar-refractivity contribution < 1.29 is 27.4 Å². The van der Waals surface area contributed by atoms with Gasteiger partial charge >= 0.3 is 12.1 Å². The van der Waals surface area contributed by atoms with Crippen LogP contribution in [0.25, 0.3) is 33.3 Å². The van der Waals surface area contributed by atoms with Gasteiger partial charge in [-0.1, -0.05) is 62.6 Å². The molecule has 4 aromatic rings. The van der Waals surface area contributed by atoms with E-state index >= 15 is 0 Å². The predicted octanol–water partition coefficient (Wildman–Crippen LogP) is 8.33. The van der Waals surface area contributed by atoms with Crippen LogP contribution in [-0.2, 0) is 10.9 Å². The minimum absolute atomic E-state index is 0.0305. The zero-order valence-corrected chi connectivity index (χ0v) is 20.8. The molecule has 4 nitrogen and oxygen atoms in total. The number of nitrogens with zero attached hydrogens (tertiary/aromatic N) is 1. The first-order chi connectivity index (χ1) is 17.8. The number of hydrogen-bond donors (Lipinski definition) is 0. The number of carbonyl (C=O) groups is 1. The predicted molar refractivity (Wildman–Crippen MR) is 139 cm³/mol. The van der Waals surface area contributed by atoms with Crippen molar-refractivity contribution in [2.75, 3.05) is 13.7 Å². The molecule has 0 saturated heterocycles. The van der Waals surface area contributed by atoms with Crippen LogP contribution in [0.1, 0.15) is 48.5 Å². The molecule has 0 atom stereocenters. The molecule has 37 heavy (non-hydrogen) atoms. The molecule has 0 saturated carbocycles. The molecule has 0 N–H and O–H groups in total. The van der Waals surface area contributed by atoms with E-state index in [4.69, 9.17) is 9.47 Å². The molecule has 0 unspecified atom stereocenters. The fraction of sp³-hybridized carbons (Fsp3) is 0.267. The molecule has 3 aromatic carbocycles. The number of ether oxygens (including phenoxy) is 2. The zero-order chi connectivity index (χ0) is 26.4. The van der Waals surface area contributed by atoms with Crippen LogP contribution >= 0.6 is 0 Å². The Morgan fingerprint density at radius 2 is 1.49 bits per heavy atom. The van der Waals surface area contributed by atoms with Crippen molar-refractivity contribution in [3.8, 4) is 28.1 Å². The Morgan fingerprint density at radius 3 is 2.11 bits per heavy atom. The molecular weight excluding hydrogens is 479 g/mol. The average Bonchev–Trinajstić information content (AvgIpc) is 2.91. The van der Waals surface area contributed by atoms with Gasteiger partial charge in [0.1, 0.15) is 5.75 Å². The van der Waals surface area contributed by atoms with Gasteiger partial charge in [0, 0.05) is 10.9 Å². The van der Waals surface area contributed by atoms with Crippen molar-refractivity contribution in [1.29, 1.82) is 0 Å². The Kier molecular flexibility index (Phi) is 8.11. The fourth-order valence-corrected chi connectivity index (χ4v) is 4.12. The third kappa shape index (κ3) is 6.28. The summed E-state index contributed by atoms with van der Waals surface area (Å²) in [7, 11) is 1.19. The van der Waals surface area contributed by atoms with E-state index in [2.05, 4.69) is 11.9 Å². The highest BCUT2D eigenvalue weighted by Crippen LogP contribution is 2.34. The molecule has 1 heterocycles. The summed E-state index contributed by atoms with van der Waals surface area (Å²) >= 11 is 0. The van der Waals surface area contributed by atoms with E-state index in [9.17, 15) is 18.0 Å². The number of methoxy groups -OCH3 is 1. The third-order valence-electron chi connectivity index (χ3n) is 6.18. The van der Waals surface area contributed by atoms with Crippen LogP contribution in [0.15, 0.2) is 72.8 Å². The number of esters is 1. The van der Waals surface area contributed by atoms with E-state index < -0.39 is 17.7 Å². The fourth-order valence-electron chi connectivity index (χ4n) is 4.12. The van der Waals surface area contributed by atoms with Gasteiger partial charge in [-0.3, -0.25) is 0 Å². The first-order valence-corrected chi connectivity index (χ1v) is 12.2. The van der Waals surface area contributed by atoms with Crippen molar-refractivity contribution >= 4 is 16.9 Å². The second-order valence-electron chi connectivity index (χ2n) is 8.79. The summed E-state index contributed by atoms with van der Waals surface area (Å²) in [6.45, 7) is 2.89. The van der Waals surface area contributed by atoms with E-state index in [1.165, 1.54) is 38.5 Å². The van der Waals surface area contributed by atoms with Gasteiger partial charge in [0.2, 0.25) is 0 Å². The number of hydrogen-bond acceptors (Lipinski definition) is 4. The molecule has 7 heteroatoms. The minimum atomic E-state index is -4.53. The monoisotopic (exact) mass is 507 g/mol. The van der Waals surface area contributed by atoms with Gasteiger partial charge in [-0.05, 0) is 53.9 Å². The average molecular weight is 508 g/mol. The molecule has 192 valence electrons. The quantitative estimate of drug-likeness (QED) is 0.169. The van der Waals surface area contributed by atoms with E-state index in [1.54, 1.807) is 0 Å². The van der Waals surface area contributed by atoms with Crippen LogP contribution in [0.5, 0.6) is 5.75 Å². The van der Waals surface area contributed by atoms with Gasteiger partial charge in [0.25, 0.3) is 0 Å². The van der Waals surface area contributed by atoms with Crippen LogP contribution in [0.2, 0.25) is 0 Å². The number of fused-ring (bicyclic) bond motifs is 1. The van der Waals surface area contributed by atoms with Crippen molar-refractivity contribution in [3.05, 3.63) is 83.9 Å². The largest absolute Gasteiger partial charge is 0.494 e. The Balaban J connectivity index is 1.57. The highest BCUT2D eigenvalue weighted by molar-refractivity contribution is 6.04. The number of alkyl halides is 3. The standard InChI is InChI=1S/C30H28F3NO3/c1-3-4-5-6-17-37-24-14-11-21(12-15-24)20-7-9-22(10-8-20)28-19-26(29(35)36-2)25-18-23(30(31,32)33)13-16-27(25)34-28/h7-16,18-19H,3-6,17H2,1-2H3. The molecule has 1 aromatic heterocycles. The van der Waals surface area contributed by atoms with Crippen molar-refractivity contribution in [1.82, 2.24) is 4.98 Å². The van der Waals surface area contributed by atoms with Crippen LogP contribution in [0, 0.1) is 0 Å². The Morgan fingerprint density at radius 1 is 0.838 bits per heavy atom. The van der Waals surface area contributed by atoms with Crippen molar-refractivity contribution in [2.24, 2.45) is 0 Å². The maximum atomic E-state index is 13.2. The molecule has 0 spiro atoms.